The van der Waals surface area contributed by atoms with Gasteiger partial charge in [0, 0.05) is 32.7 Å². The first-order valence-corrected chi connectivity index (χ1v) is 9.27. The maximum atomic E-state index is 12.3. The van der Waals surface area contributed by atoms with Crippen LogP contribution in [0.3, 0.4) is 0 Å². The fraction of sp³-hybridized carbons (Fsp3) is 0.333. The van der Waals surface area contributed by atoms with Crippen LogP contribution in [0.4, 0.5) is 8.78 Å². The van der Waals surface area contributed by atoms with Crippen molar-refractivity contribution in [1.82, 2.24) is 15.5 Å². The van der Waals surface area contributed by atoms with Gasteiger partial charge < -0.3 is 20.3 Å². The molecule has 0 saturated heterocycles. The maximum Gasteiger partial charge on any atom is 0.387 e. The van der Waals surface area contributed by atoms with Crippen molar-refractivity contribution >= 4 is 11.9 Å². The van der Waals surface area contributed by atoms with Gasteiger partial charge in [0.25, 0.3) is 5.91 Å². The summed E-state index contributed by atoms with van der Waals surface area (Å²) in [6.45, 7) is 0.796. The highest BCUT2D eigenvalue weighted by Crippen LogP contribution is 2.16. The van der Waals surface area contributed by atoms with Gasteiger partial charge in [-0.1, -0.05) is 24.3 Å². The molecule has 156 valence electrons. The third-order valence-corrected chi connectivity index (χ3v) is 4.09. The second kappa shape index (κ2) is 11.0. The Morgan fingerprint density at radius 1 is 1.17 bits per heavy atom. The van der Waals surface area contributed by atoms with Gasteiger partial charge in [0.1, 0.15) is 5.75 Å². The lowest BCUT2D eigenvalue weighted by Gasteiger charge is -2.22. The lowest BCUT2D eigenvalue weighted by atomic mass is 10.1. The number of hydrogen-bond donors (Lipinski definition) is 2. The highest BCUT2D eigenvalue weighted by atomic mass is 19.3. The van der Waals surface area contributed by atoms with E-state index in [1.165, 1.54) is 12.1 Å². The minimum atomic E-state index is -2.84. The molecular formula is C21H26F2N4O2. The topological polar surface area (TPSA) is 66.0 Å². The molecule has 2 aromatic carbocycles. The predicted molar refractivity (Wildman–Crippen MR) is 109 cm³/mol. The van der Waals surface area contributed by atoms with E-state index in [1.54, 1.807) is 25.2 Å². The zero-order valence-corrected chi connectivity index (χ0v) is 16.8. The Morgan fingerprint density at radius 2 is 1.90 bits per heavy atom. The van der Waals surface area contributed by atoms with Crippen LogP contribution in [0.25, 0.3) is 0 Å². The number of carbonyl (C=O) groups excluding carboxylic acids is 1. The molecule has 0 aliphatic rings. The van der Waals surface area contributed by atoms with Gasteiger partial charge in [0.2, 0.25) is 0 Å². The van der Waals surface area contributed by atoms with Gasteiger partial charge in [-0.3, -0.25) is 4.79 Å². The van der Waals surface area contributed by atoms with E-state index in [9.17, 15) is 13.6 Å². The van der Waals surface area contributed by atoms with Crippen LogP contribution in [0.5, 0.6) is 5.75 Å². The van der Waals surface area contributed by atoms with Crippen LogP contribution in [0.1, 0.15) is 28.4 Å². The van der Waals surface area contributed by atoms with Gasteiger partial charge in [0.05, 0.1) is 6.54 Å². The number of ether oxygens (including phenoxy) is 1. The van der Waals surface area contributed by atoms with Crippen molar-refractivity contribution in [3.05, 3.63) is 65.2 Å². The molecule has 29 heavy (non-hydrogen) atoms. The first-order valence-electron chi connectivity index (χ1n) is 9.27. The molecule has 0 saturated carbocycles. The monoisotopic (exact) mass is 404 g/mol. The Kier molecular flexibility index (Phi) is 8.39. The number of aliphatic imine (C=N–C) groups is 1. The molecule has 0 heterocycles. The summed E-state index contributed by atoms with van der Waals surface area (Å²) < 4.78 is 28.9. The zero-order chi connectivity index (χ0) is 21.2. The number of rotatable bonds is 8. The van der Waals surface area contributed by atoms with Crippen LogP contribution in [0.2, 0.25) is 0 Å². The number of nitrogens with one attached hydrogen (secondary N) is 2. The summed E-state index contributed by atoms with van der Waals surface area (Å²) in [5.41, 5.74) is 2.44. The molecule has 6 nitrogen and oxygen atoms in total. The number of guanidine groups is 1. The molecule has 0 aromatic heterocycles. The van der Waals surface area contributed by atoms with Crippen molar-refractivity contribution in [2.45, 2.75) is 26.6 Å². The van der Waals surface area contributed by atoms with Gasteiger partial charge in [-0.15, -0.1) is 0 Å². The first-order chi connectivity index (χ1) is 13.9. The van der Waals surface area contributed by atoms with Crippen LogP contribution in [0.15, 0.2) is 53.5 Å². The van der Waals surface area contributed by atoms with Crippen molar-refractivity contribution in [2.75, 3.05) is 20.6 Å². The number of benzene rings is 2. The average Bonchev–Trinajstić information content (AvgIpc) is 2.71. The van der Waals surface area contributed by atoms with Gasteiger partial charge in [-0.25, -0.2) is 4.99 Å². The van der Waals surface area contributed by atoms with Crippen molar-refractivity contribution in [2.24, 2.45) is 4.99 Å². The van der Waals surface area contributed by atoms with Gasteiger partial charge in [-0.05, 0) is 42.3 Å². The second-order valence-electron chi connectivity index (χ2n) is 6.33. The van der Waals surface area contributed by atoms with Crippen molar-refractivity contribution in [1.29, 1.82) is 0 Å². The maximum absolute atomic E-state index is 12.3. The summed E-state index contributed by atoms with van der Waals surface area (Å²) in [4.78, 5) is 18.4. The molecule has 0 aliphatic heterocycles. The van der Waals surface area contributed by atoms with E-state index in [0.717, 1.165) is 11.1 Å². The van der Waals surface area contributed by atoms with E-state index < -0.39 is 6.61 Å². The van der Waals surface area contributed by atoms with Crippen LogP contribution in [0, 0.1) is 0 Å². The Morgan fingerprint density at radius 3 is 2.52 bits per heavy atom. The Bertz CT molecular complexity index is 826. The highest BCUT2D eigenvalue weighted by molar-refractivity contribution is 5.94. The molecular weight excluding hydrogens is 378 g/mol. The Balaban J connectivity index is 2.06. The lowest BCUT2D eigenvalue weighted by Crippen LogP contribution is -2.38. The molecule has 1 amide bonds. The number of halogens is 2. The Hall–Kier alpha value is -3.16. The molecule has 0 unspecified atom stereocenters. The molecule has 0 atom stereocenters. The van der Waals surface area contributed by atoms with E-state index >= 15 is 0 Å². The number of alkyl halides is 2. The van der Waals surface area contributed by atoms with Gasteiger partial charge >= 0.3 is 6.61 Å². The molecule has 0 bridgehead atoms. The number of amides is 1. The number of carbonyl (C=O) groups is 1. The third-order valence-electron chi connectivity index (χ3n) is 4.09. The smallest absolute Gasteiger partial charge is 0.387 e. The first kappa shape index (κ1) is 22.1. The summed E-state index contributed by atoms with van der Waals surface area (Å²) in [5, 5.41) is 5.84. The summed E-state index contributed by atoms with van der Waals surface area (Å²) >= 11 is 0. The predicted octanol–water partition coefficient (Wildman–Crippen LogP) is 3.25. The van der Waals surface area contributed by atoms with E-state index in [-0.39, 0.29) is 11.7 Å². The quantitative estimate of drug-likeness (QED) is 0.524. The number of nitrogens with zero attached hydrogens (tertiary/aromatic N) is 2. The highest BCUT2D eigenvalue weighted by Gasteiger charge is 2.09. The summed E-state index contributed by atoms with van der Waals surface area (Å²) in [6, 6.07) is 13.8. The van der Waals surface area contributed by atoms with E-state index in [2.05, 4.69) is 20.4 Å². The van der Waals surface area contributed by atoms with Crippen molar-refractivity contribution in [3.8, 4) is 5.75 Å². The van der Waals surface area contributed by atoms with Crippen LogP contribution < -0.4 is 15.4 Å². The molecule has 2 rings (SSSR count). The van der Waals surface area contributed by atoms with Crippen LogP contribution in [-0.2, 0) is 13.1 Å². The molecule has 0 radical (unpaired) electrons. The Labute approximate surface area is 169 Å². The van der Waals surface area contributed by atoms with E-state index in [1.807, 2.05) is 37.1 Å². The summed E-state index contributed by atoms with van der Waals surface area (Å²) in [7, 11) is 3.49. The van der Waals surface area contributed by atoms with Gasteiger partial charge in [-0.2, -0.15) is 8.78 Å². The molecule has 0 spiro atoms. The van der Waals surface area contributed by atoms with E-state index in [4.69, 9.17) is 0 Å². The zero-order valence-electron chi connectivity index (χ0n) is 16.8. The average molecular weight is 404 g/mol. The second-order valence-corrected chi connectivity index (χ2v) is 6.33. The summed E-state index contributed by atoms with van der Waals surface area (Å²) in [6.07, 6.45) is 0. The van der Waals surface area contributed by atoms with E-state index in [0.29, 0.717) is 31.2 Å². The molecule has 8 heteroatoms. The van der Waals surface area contributed by atoms with Crippen LogP contribution >= 0.6 is 0 Å². The minimum absolute atomic E-state index is 0.128. The lowest BCUT2D eigenvalue weighted by molar-refractivity contribution is -0.0498. The molecule has 2 N–H and O–H groups in total. The molecule has 0 fully saturated rings. The summed E-state index contributed by atoms with van der Waals surface area (Å²) in [5.74, 6) is 0.688. The van der Waals surface area contributed by atoms with Gasteiger partial charge in [0.15, 0.2) is 5.96 Å². The standard InChI is InChI=1S/C21H26F2N4O2/c1-4-25-21(26-13-16-6-5-7-17(12-16)19(28)24-2)27(3)14-15-8-10-18(11-9-15)29-20(22)23/h5-12,20H,4,13-14H2,1-3H3,(H,24,28)(H,25,26). The molecule has 0 aliphatic carbocycles. The SMILES string of the molecule is CCNC(=NCc1cccc(C(=O)NC)c1)N(C)Cc1ccc(OC(F)F)cc1. The third kappa shape index (κ3) is 7.06. The van der Waals surface area contributed by atoms with Crippen molar-refractivity contribution in [3.63, 3.8) is 0 Å². The normalized spacial score (nSPS) is 11.3. The fourth-order valence-corrected chi connectivity index (χ4v) is 2.72. The van der Waals surface area contributed by atoms with Crippen LogP contribution in [-0.4, -0.2) is 44.0 Å². The fourth-order valence-electron chi connectivity index (χ4n) is 2.72. The van der Waals surface area contributed by atoms with Crippen molar-refractivity contribution < 1.29 is 18.3 Å². The largest absolute Gasteiger partial charge is 0.435 e. The molecule has 2 aromatic rings. The number of hydrogen-bond acceptors (Lipinski definition) is 3. The minimum Gasteiger partial charge on any atom is -0.435 e.